The summed E-state index contributed by atoms with van der Waals surface area (Å²) in [4.78, 5) is 0.674. The molecule has 0 bridgehead atoms. The van der Waals surface area contributed by atoms with Crippen molar-refractivity contribution in [2.24, 2.45) is 5.92 Å². The molecule has 60 valence electrons. The lowest BCUT2D eigenvalue weighted by atomic mass is 9.87. The third kappa shape index (κ3) is 2.24. The monoisotopic (exact) mass is 206 g/mol. The van der Waals surface area contributed by atoms with Crippen LogP contribution in [0.3, 0.4) is 0 Å². The molecule has 0 spiro atoms. The SMILES string of the molecule is OCCC1CCCCC1Br. The highest BCUT2D eigenvalue weighted by atomic mass is 79.9. The summed E-state index contributed by atoms with van der Waals surface area (Å²) in [5, 5.41) is 8.72. The van der Waals surface area contributed by atoms with Gasteiger partial charge in [-0.05, 0) is 25.2 Å². The van der Waals surface area contributed by atoms with Gasteiger partial charge >= 0.3 is 0 Å². The van der Waals surface area contributed by atoms with Crippen molar-refractivity contribution in [1.82, 2.24) is 0 Å². The van der Waals surface area contributed by atoms with Gasteiger partial charge in [-0.1, -0.05) is 28.8 Å². The van der Waals surface area contributed by atoms with E-state index in [1.54, 1.807) is 0 Å². The maximum Gasteiger partial charge on any atom is 0.0434 e. The van der Waals surface area contributed by atoms with Crippen molar-refractivity contribution in [1.29, 1.82) is 0 Å². The van der Waals surface area contributed by atoms with Crippen molar-refractivity contribution >= 4 is 15.9 Å². The van der Waals surface area contributed by atoms with Gasteiger partial charge in [-0.2, -0.15) is 0 Å². The van der Waals surface area contributed by atoms with E-state index >= 15 is 0 Å². The van der Waals surface area contributed by atoms with E-state index < -0.39 is 0 Å². The van der Waals surface area contributed by atoms with Gasteiger partial charge in [-0.15, -0.1) is 0 Å². The van der Waals surface area contributed by atoms with E-state index in [0.29, 0.717) is 11.4 Å². The van der Waals surface area contributed by atoms with Gasteiger partial charge in [-0.3, -0.25) is 0 Å². The van der Waals surface area contributed by atoms with Crippen LogP contribution in [0.1, 0.15) is 32.1 Å². The largest absolute Gasteiger partial charge is 0.396 e. The fraction of sp³-hybridized carbons (Fsp3) is 1.00. The third-order valence-corrected chi connectivity index (χ3v) is 3.52. The predicted octanol–water partition coefficient (Wildman–Crippen LogP) is 2.32. The molecule has 0 radical (unpaired) electrons. The Morgan fingerprint density at radius 1 is 1.30 bits per heavy atom. The topological polar surface area (TPSA) is 20.2 Å². The van der Waals surface area contributed by atoms with Crippen molar-refractivity contribution in [3.05, 3.63) is 0 Å². The Bertz CT molecular complexity index is 93.3. The van der Waals surface area contributed by atoms with Crippen LogP contribution in [0.25, 0.3) is 0 Å². The highest BCUT2D eigenvalue weighted by molar-refractivity contribution is 9.09. The molecule has 2 unspecified atom stereocenters. The number of halogens is 1. The summed E-state index contributed by atoms with van der Waals surface area (Å²) >= 11 is 3.64. The molecule has 0 heterocycles. The highest BCUT2D eigenvalue weighted by Crippen LogP contribution is 2.31. The number of hydrogen-bond acceptors (Lipinski definition) is 1. The second-order valence-corrected chi connectivity index (χ2v) is 4.25. The number of rotatable bonds is 2. The lowest BCUT2D eigenvalue weighted by Crippen LogP contribution is -2.19. The van der Waals surface area contributed by atoms with E-state index in [1.807, 2.05) is 0 Å². The van der Waals surface area contributed by atoms with Gasteiger partial charge in [0.25, 0.3) is 0 Å². The standard InChI is InChI=1S/C8H15BrO/c9-8-4-2-1-3-7(8)5-6-10/h7-8,10H,1-6H2. The molecule has 0 amide bonds. The van der Waals surface area contributed by atoms with Gasteiger partial charge in [0.2, 0.25) is 0 Å². The van der Waals surface area contributed by atoms with E-state index in [4.69, 9.17) is 5.11 Å². The average Bonchev–Trinajstić information content (AvgIpc) is 1.94. The molecule has 1 aliphatic rings. The van der Waals surface area contributed by atoms with Gasteiger partial charge < -0.3 is 5.11 Å². The molecular formula is C8H15BrO. The zero-order valence-electron chi connectivity index (χ0n) is 6.22. The average molecular weight is 207 g/mol. The first-order valence-electron chi connectivity index (χ1n) is 4.09. The van der Waals surface area contributed by atoms with Crippen molar-refractivity contribution in [3.8, 4) is 0 Å². The summed E-state index contributed by atoms with van der Waals surface area (Å²) in [5.74, 6) is 0.735. The number of aliphatic hydroxyl groups excluding tert-OH is 1. The molecule has 1 saturated carbocycles. The Morgan fingerprint density at radius 3 is 2.60 bits per heavy atom. The first-order chi connectivity index (χ1) is 4.84. The predicted molar refractivity (Wildman–Crippen MR) is 46.4 cm³/mol. The minimum atomic E-state index is 0.354. The molecule has 1 fully saturated rings. The van der Waals surface area contributed by atoms with Gasteiger partial charge in [0, 0.05) is 11.4 Å². The number of hydrogen-bond donors (Lipinski definition) is 1. The van der Waals surface area contributed by atoms with E-state index in [1.165, 1.54) is 25.7 Å². The molecule has 2 atom stereocenters. The molecule has 1 aliphatic carbocycles. The molecule has 2 heteroatoms. The van der Waals surface area contributed by atoms with Crippen LogP contribution in [0.15, 0.2) is 0 Å². The van der Waals surface area contributed by atoms with E-state index in [0.717, 1.165) is 12.3 Å². The minimum absolute atomic E-state index is 0.354. The summed E-state index contributed by atoms with van der Waals surface area (Å²) in [6.45, 7) is 0.354. The van der Waals surface area contributed by atoms with E-state index in [9.17, 15) is 0 Å². The Balaban J connectivity index is 2.25. The molecule has 0 saturated heterocycles. The Kier molecular flexibility index (Phi) is 3.71. The summed E-state index contributed by atoms with van der Waals surface area (Å²) in [7, 11) is 0. The van der Waals surface area contributed by atoms with E-state index in [2.05, 4.69) is 15.9 Å². The van der Waals surface area contributed by atoms with Crippen molar-refractivity contribution < 1.29 is 5.11 Å². The summed E-state index contributed by atoms with van der Waals surface area (Å²) in [6.07, 6.45) is 6.29. The molecular weight excluding hydrogens is 192 g/mol. The van der Waals surface area contributed by atoms with Crippen LogP contribution in [0.5, 0.6) is 0 Å². The fourth-order valence-electron chi connectivity index (χ4n) is 1.65. The Hall–Kier alpha value is 0.440. The Morgan fingerprint density at radius 2 is 2.00 bits per heavy atom. The molecule has 1 nitrogen and oxygen atoms in total. The van der Waals surface area contributed by atoms with Crippen LogP contribution in [-0.2, 0) is 0 Å². The normalized spacial score (nSPS) is 34.2. The summed E-state index contributed by atoms with van der Waals surface area (Å²) in [6, 6.07) is 0. The van der Waals surface area contributed by atoms with Crippen molar-refractivity contribution in [3.63, 3.8) is 0 Å². The van der Waals surface area contributed by atoms with Gasteiger partial charge in [0.1, 0.15) is 0 Å². The molecule has 10 heavy (non-hydrogen) atoms. The van der Waals surface area contributed by atoms with E-state index in [-0.39, 0.29) is 0 Å². The molecule has 0 aromatic carbocycles. The first-order valence-corrected chi connectivity index (χ1v) is 5.01. The first kappa shape index (κ1) is 8.54. The molecule has 1 N–H and O–H groups in total. The second kappa shape index (κ2) is 4.35. The van der Waals surface area contributed by atoms with Gasteiger partial charge in [0.15, 0.2) is 0 Å². The highest BCUT2D eigenvalue weighted by Gasteiger charge is 2.21. The maximum absolute atomic E-state index is 8.72. The number of alkyl halides is 1. The van der Waals surface area contributed by atoms with Crippen LogP contribution >= 0.6 is 15.9 Å². The quantitative estimate of drug-likeness (QED) is 0.689. The molecule has 0 aromatic heterocycles. The lowest BCUT2D eigenvalue weighted by Gasteiger charge is -2.26. The maximum atomic E-state index is 8.72. The smallest absolute Gasteiger partial charge is 0.0434 e. The summed E-state index contributed by atoms with van der Waals surface area (Å²) < 4.78 is 0. The van der Waals surface area contributed by atoms with Gasteiger partial charge in [-0.25, -0.2) is 0 Å². The minimum Gasteiger partial charge on any atom is -0.396 e. The zero-order valence-corrected chi connectivity index (χ0v) is 7.81. The lowest BCUT2D eigenvalue weighted by molar-refractivity contribution is 0.235. The fourth-order valence-corrected chi connectivity index (χ4v) is 2.51. The molecule has 0 aromatic rings. The third-order valence-electron chi connectivity index (χ3n) is 2.32. The number of aliphatic hydroxyl groups is 1. The molecule has 0 aliphatic heterocycles. The van der Waals surface area contributed by atoms with Crippen LogP contribution in [-0.4, -0.2) is 16.5 Å². The summed E-state index contributed by atoms with van der Waals surface area (Å²) in [5.41, 5.74) is 0. The van der Waals surface area contributed by atoms with Crippen LogP contribution < -0.4 is 0 Å². The van der Waals surface area contributed by atoms with Crippen molar-refractivity contribution in [2.45, 2.75) is 36.9 Å². The molecule has 1 rings (SSSR count). The zero-order chi connectivity index (χ0) is 7.40. The van der Waals surface area contributed by atoms with Gasteiger partial charge in [0.05, 0.1) is 0 Å². The van der Waals surface area contributed by atoms with Crippen LogP contribution in [0, 0.1) is 5.92 Å². The van der Waals surface area contributed by atoms with Crippen molar-refractivity contribution in [2.75, 3.05) is 6.61 Å². The van der Waals surface area contributed by atoms with Crippen LogP contribution in [0.4, 0.5) is 0 Å². The van der Waals surface area contributed by atoms with Crippen LogP contribution in [0.2, 0.25) is 0 Å². The second-order valence-electron chi connectivity index (χ2n) is 3.07. The Labute approximate surface area is 70.9 Å².